The third-order valence-electron chi connectivity index (χ3n) is 3.57. The van der Waals surface area contributed by atoms with Crippen LogP contribution in [0, 0.1) is 5.92 Å². The Morgan fingerprint density at radius 2 is 1.48 bits per heavy atom. The maximum Gasteiger partial charge on any atom is 0.335 e. The van der Waals surface area contributed by atoms with Gasteiger partial charge in [-0.05, 0) is 17.2 Å². The number of carboxylic acid groups (broad SMARTS) is 2. The van der Waals surface area contributed by atoms with Crippen LogP contribution in [-0.4, -0.2) is 22.2 Å². The second kappa shape index (κ2) is 6.22. The summed E-state index contributed by atoms with van der Waals surface area (Å²) in [6.45, 7) is 1.60. The van der Waals surface area contributed by atoms with Gasteiger partial charge in [-0.2, -0.15) is 0 Å². The van der Waals surface area contributed by atoms with Crippen molar-refractivity contribution in [1.29, 1.82) is 0 Å². The van der Waals surface area contributed by atoms with Gasteiger partial charge in [-0.15, -0.1) is 0 Å². The highest BCUT2D eigenvalue weighted by molar-refractivity contribution is 5.90. The first-order chi connectivity index (χ1) is 10.0. The van der Waals surface area contributed by atoms with Crippen molar-refractivity contribution in [3.05, 3.63) is 71.3 Å². The minimum atomic E-state index is -1.05. The highest BCUT2D eigenvalue weighted by Gasteiger charge is 2.29. The predicted molar refractivity (Wildman–Crippen MR) is 78.5 cm³/mol. The first-order valence-electron chi connectivity index (χ1n) is 6.62. The molecule has 0 saturated carbocycles. The number of rotatable bonds is 5. The molecule has 0 bridgehead atoms. The highest BCUT2D eigenvalue weighted by Crippen LogP contribution is 2.34. The monoisotopic (exact) mass is 284 g/mol. The van der Waals surface area contributed by atoms with Crippen LogP contribution >= 0.6 is 0 Å². The number of aromatic carboxylic acids is 1. The van der Waals surface area contributed by atoms with Crippen LogP contribution in [0.5, 0.6) is 0 Å². The predicted octanol–water partition coefficient (Wildman–Crippen LogP) is 3.24. The molecular formula is C17H16O4. The van der Waals surface area contributed by atoms with E-state index in [2.05, 4.69) is 0 Å². The lowest BCUT2D eigenvalue weighted by Crippen LogP contribution is -2.22. The minimum Gasteiger partial charge on any atom is -0.481 e. The zero-order chi connectivity index (χ0) is 15.4. The number of hydrogen-bond donors (Lipinski definition) is 2. The Kier molecular flexibility index (Phi) is 4.38. The van der Waals surface area contributed by atoms with E-state index >= 15 is 0 Å². The molecule has 108 valence electrons. The molecule has 21 heavy (non-hydrogen) atoms. The molecule has 0 saturated heterocycles. The zero-order valence-corrected chi connectivity index (χ0v) is 11.6. The van der Waals surface area contributed by atoms with Gasteiger partial charge in [0.2, 0.25) is 0 Å². The van der Waals surface area contributed by atoms with Crippen molar-refractivity contribution in [2.75, 3.05) is 0 Å². The van der Waals surface area contributed by atoms with Crippen LogP contribution in [0.25, 0.3) is 0 Å². The van der Waals surface area contributed by atoms with Gasteiger partial charge in [0, 0.05) is 5.92 Å². The molecule has 2 aromatic rings. The number of aliphatic carboxylic acids is 1. The lowest BCUT2D eigenvalue weighted by molar-refractivity contribution is -0.141. The molecule has 4 heteroatoms. The highest BCUT2D eigenvalue weighted by atomic mass is 16.4. The van der Waals surface area contributed by atoms with E-state index in [9.17, 15) is 19.8 Å². The molecule has 2 aromatic carbocycles. The summed E-state index contributed by atoms with van der Waals surface area (Å²) in [5, 5.41) is 18.7. The molecule has 0 heterocycles. The van der Waals surface area contributed by atoms with Crippen LogP contribution < -0.4 is 0 Å². The molecule has 2 rings (SSSR count). The smallest absolute Gasteiger partial charge is 0.335 e. The van der Waals surface area contributed by atoms with E-state index in [1.807, 2.05) is 30.3 Å². The largest absolute Gasteiger partial charge is 0.481 e. The van der Waals surface area contributed by atoms with Gasteiger partial charge in [0.15, 0.2) is 0 Å². The molecule has 0 aliphatic rings. The third-order valence-corrected chi connectivity index (χ3v) is 3.57. The van der Waals surface area contributed by atoms with Crippen molar-refractivity contribution in [3.63, 3.8) is 0 Å². The summed E-state index contributed by atoms with van der Waals surface area (Å²) in [5.41, 5.74) is 1.45. The first kappa shape index (κ1) is 14.8. The average Bonchev–Trinajstić information content (AvgIpc) is 2.48. The third kappa shape index (κ3) is 3.11. The van der Waals surface area contributed by atoms with Crippen molar-refractivity contribution in [2.24, 2.45) is 5.92 Å². The Labute approximate surface area is 122 Å². The summed E-state index contributed by atoms with van der Waals surface area (Å²) in [6.07, 6.45) is 0. The molecule has 2 N–H and O–H groups in total. The fraction of sp³-hybridized carbons (Fsp3) is 0.176. The Hall–Kier alpha value is -2.62. The second-order valence-electron chi connectivity index (χ2n) is 4.91. The Morgan fingerprint density at radius 3 is 2.05 bits per heavy atom. The quantitative estimate of drug-likeness (QED) is 0.884. The van der Waals surface area contributed by atoms with Crippen LogP contribution in [0.2, 0.25) is 0 Å². The van der Waals surface area contributed by atoms with E-state index in [0.29, 0.717) is 5.56 Å². The van der Waals surface area contributed by atoms with E-state index in [-0.39, 0.29) is 5.56 Å². The zero-order valence-electron chi connectivity index (χ0n) is 11.6. The van der Waals surface area contributed by atoms with Crippen molar-refractivity contribution in [1.82, 2.24) is 0 Å². The van der Waals surface area contributed by atoms with E-state index in [0.717, 1.165) is 5.56 Å². The summed E-state index contributed by atoms with van der Waals surface area (Å²) in [6, 6.07) is 15.7. The fourth-order valence-corrected chi connectivity index (χ4v) is 2.50. The molecule has 0 aliphatic carbocycles. The molecule has 2 unspecified atom stereocenters. The summed E-state index contributed by atoms with van der Waals surface area (Å²) in [7, 11) is 0. The van der Waals surface area contributed by atoms with E-state index in [4.69, 9.17) is 0 Å². The fourth-order valence-electron chi connectivity index (χ4n) is 2.50. The molecule has 0 aromatic heterocycles. The van der Waals surface area contributed by atoms with Gasteiger partial charge in [0.05, 0.1) is 11.5 Å². The van der Waals surface area contributed by atoms with Crippen molar-refractivity contribution < 1.29 is 19.8 Å². The van der Waals surface area contributed by atoms with Gasteiger partial charge in [-0.25, -0.2) is 4.79 Å². The molecule has 0 amide bonds. The van der Waals surface area contributed by atoms with Crippen LogP contribution in [0.15, 0.2) is 54.6 Å². The Bertz CT molecular complexity index is 649. The maximum absolute atomic E-state index is 11.4. The maximum atomic E-state index is 11.4. The number of carbonyl (C=O) groups is 2. The Morgan fingerprint density at radius 1 is 0.905 bits per heavy atom. The lowest BCUT2D eigenvalue weighted by Gasteiger charge is -2.23. The summed E-state index contributed by atoms with van der Waals surface area (Å²) in [5.74, 6) is -3.24. The van der Waals surface area contributed by atoms with Gasteiger partial charge >= 0.3 is 11.9 Å². The van der Waals surface area contributed by atoms with Crippen molar-refractivity contribution >= 4 is 11.9 Å². The minimum absolute atomic E-state index is 0.138. The van der Waals surface area contributed by atoms with E-state index < -0.39 is 23.8 Å². The number of benzene rings is 2. The van der Waals surface area contributed by atoms with Gasteiger partial charge in [0.1, 0.15) is 0 Å². The molecule has 4 nitrogen and oxygen atoms in total. The first-order valence-corrected chi connectivity index (χ1v) is 6.62. The van der Waals surface area contributed by atoms with E-state index in [1.165, 1.54) is 6.07 Å². The van der Waals surface area contributed by atoms with Gasteiger partial charge in [-0.3, -0.25) is 4.79 Å². The molecule has 0 spiro atoms. The van der Waals surface area contributed by atoms with Gasteiger partial charge < -0.3 is 10.2 Å². The number of carboxylic acids is 2. The van der Waals surface area contributed by atoms with Crippen LogP contribution in [0.1, 0.15) is 34.3 Å². The average molecular weight is 284 g/mol. The SMILES string of the molecule is CC(C(=O)O)C(c1ccccc1)c1ccccc1C(=O)O. The molecule has 0 radical (unpaired) electrons. The van der Waals surface area contributed by atoms with Crippen LogP contribution in [0.3, 0.4) is 0 Å². The topological polar surface area (TPSA) is 74.6 Å². The van der Waals surface area contributed by atoms with E-state index in [1.54, 1.807) is 25.1 Å². The van der Waals surface area contributed by atoms with Gasteiger partial charge in [-0.1, -0.05) is 55.5 Å². The Balaban J connectivity index is 2.61. The van der Waals surface area contributed by atoms with Crippen molar-refractivity contribution in [3.8, 4) is 0 Å². The molecule has 0 fully saturated rings. The molecule has 2 atom stereocenters. The van der Waals surface area contributed by atoms with Crippen molar-refractivity contribution in [2.45, 2.75) is 12.8 Å². The summed E-state index contributed by atoms with van der Waals surface area (Å²) < 4.78 is 0. The van der Waals surface area contributed by atoms with Crippen LogP contribution in [0.4, 0.5) is 0 Å². The molecular weight excluding hydrogens is 268 g/mol. The standard InChI is InChI=1S/C17H16O4/c1-11(16(18)19)15(12-7-3-2-4-8-12)13-9-5-6-10-14(13)17(20)21/h2-11,15H,1H3,(H,18,19)(H,20,21). The second-order valence-corrected chi connectivity index (χ2v) is 4.91. The summed E-state index contributed by atoms with van der Waals surface area (Å²) in [4.78, 5) is 22.8. The number of hydrogen-bond acceptors (Lipinski definition) is 2. The van der Waals surface area contributed by atoms with Crippen LogP contribution in [-0.2, 0) is 4.79 Å². The normalized spacial score (nSPS) is 13.4. The summed E-state index contributed by atoms with van der Waals surface area (Å²) >= 11 is 0. The van der Waals surface area contributed by atoms with Gasteiger partial charge in [0.25, 0.3) is 0 Å². The lowest BCUT2D eigenvalue weighted by atomic mass is 9.79. The molecule has 0 aliphatic heterocycles.